The number of imide groups is 1. The minimum absolute atomic E-state index is 0.0255. The number of hydrazine groups is 1. The van der Waals surface area contributed by atoms with Gasteiger partial charge in [-0.05, 0) is 31.9 Å². The summed E-state index contributed by atoms with van der Waals surface area (Å²) in [6.45, 7) is 2.05. The van der Waals surface area contributed by atoms with Crippen LogP contribution in [0.2, 0.25) is 0 Å². The standard InChI is InChI=1S/C20H25N3O4S/c1-13-6-8-14(9-7-13)28-12-18(25)22-21-17(24)10-11-23-19(26)15-4-2-3-5-16(15)20(23)27/h6-9,15-16H,2-5,10-12H2,1H3,(H,21,24)(H,22,25)/t15-,16-/m0/s1. The first-order valence-corrected chi connectivity index (χ1v) is 10.6. The molecule has 1 aliphatic carbocycles. The van der Waals surface area contributed by atoms with Gasteiger partial charge < -0.3 is 0 Å². The molecule has 1 aromatic rings. The fourth-order valence-electron chi connectivity index (χ4n) is 3.69. The number of fused-ring (bicyclic) bond motifs is 1. The average Bonchev–Trinajstić information content (AvgIpc) is 2.95. The first-order valence-electron chi connectivity index (χ1n) is 9.58. The summed E-state index contributed by atoms with van der Waals surface area (Å²) in [5.41, 5.74) is 5.86. The molecule has 0 aromatic heterocycles. The highest BCUT2D eigenvalue weighted by atomic mass is 32.2. The predicted octanol–water partition coefficient (Wildman–Crippen LogP) is 1.80. The van der Waals surface area contributed by atoms with Gasteiger partial charge in [0.25, 0.3) is 0 Å². The van der Waals surface area contributed by atoms with E-state index < -0.39 is 5.91 Å². The van der Waals surface area contributed by atoms with Gasteiger partial charge in [0.15, 0.2) is 0 Å². The number of hydrogen-bond acceptors (Lipinski definition) is 5. The molecule has 0 spiro atoms. The minimum Gasteiger partial charge on any atom is -0.282 e. The number of carbonyl (C=O) groups excluding carboxylic acids is 4. The van der Waals surface area contributed by atoms with Crippen molar-refractivity contribution in [2.75, 3.05) is 12.3 Å². The Morgan fingerprint density at radius 1 is 1.00 bits per heavy atom. The van der Waals surface area contributed by atoms with E-state index >= 15 is 0 Å². The lowest BCUT2D eigenvalue weighted by Crippen LogP contribution is -2.44. The van der Waals surface area contributed by atoms with Crippen molar-refractivity contribution in [3.05, 3.63) is 29.8 Å². The van der Waals surface area contributed by atoms with Crippen LogP contribution in [0.25, 0.3) is 0 Å². The van der Waals surface area contributed by atoms with Gasteiger partial charge >= 0.3 is 0 Å². The molecule has 1 heterocycles. The van der Waals surface area contributed by atoms with Gasteiger partial charge in [0, 0.05) is 17.9 Å². The van der Waals surface area contributed by atoms with E-state index in [0.717, 1.165) is 36.1 Å². The molecule has 2 aliphatic rings. The van der Waals surface area contributed by atoms with Gasteiger partial charge in [-0.2, -0.15) is 0 Å². The molecule has 7 nitrogen and oxygen atoms in total. The summed E-state index contributed by atoms with van der Waals surface area (Å²) in [6.07, 6.45) is 3.43. The number of benzene rings is 1. The Balaban J connectivity index is 1.37. The van der Waals surface area contributed by atoms with E-state index in [9.17, 15) is 19.2 Å². The lowest BCUT2D eigenvalue weighted by molar-refractivity contribution is -0.140. The van der Waals surface area contributed by atoms with Crippen molar-refractivity contribution < 1.29 is 19.2 Å². The Hall–Kier alpha value is -2.35. The van der Waals surface area contributed by atoms with Crippen LogP contribution in [0.1, 0.15) is 37.7 Å². The zero-order valence-electron chi connectivity index (χ0n) is 15.9. The number of nitrogens with zero attached hydrogens (tertiary/aromatic N) is 1. The molecule has 2 N–H and O–H groups in total. The van der Waals surface area contributed by atoms with Gasteiger partial charge in [-0.3, -0.25) is 34.9 Å². The molecule has 1 saturated carbocycles. The van der Waals surface area contributed by atoms with Gasteiger partial charge in [0.1, 0.15) is 0 Å². The lowest BCUT2D eigenvalue weighted by atomic mass is 9.81. The molecule has 0 radical (unpaired) electrons. The Labute approximate surface area is 168 Å². The van der Waals surface area contributed by atoms with Crippen LogP contribution in [0, 0.1) is 18.8 Å². The maximum atomic E-state index is 12.4. The first kappa shape index (κ1) is 20.4. The Bertz CT molecular complexity index is 741. The van der Waals surface area contributed by atoms with Crippen LogP contribution in [0.4, 0.5) is 0 Å². The molecule has 2 atom stereocenters. The van der Waals surface area contributed by atoms with Crippen LogP contribution in [-0.2, 0) is 19.2 Å². The highest BCUT2D eigenvalue weighted by Gasteiger charge is 2.47. The van der Waals surface area contributed by atoms with Gasteiger partial charge in [0.2, 0.25) is 23.6 Å². The molecule has 8 heteroatoms. The molecule has 0 bridgehead atoms. The Morgan fingerprint density at radius 3 is 2.18 bits per heavy atom. The smallest absolute Gasteiger partial charge is 0.248 e. The van der Waals surface area contributed by atoms with Crippen LogP contribution in [0.5, 0.6) is 0 Å². The zero-order chi connectivity index (χ0) is 20.1. The summed E-state index contributed by atoms with van der Waals surface area (Å²) in [4.78, 5) is 50.8. The minimum atomic E-state index is -0.427. The summed E-state index contributed by atoms with van der Waals surface area (Å²) in [5, 5.41) is 0. The first-order chi connectivity index (χ1) is 13.5. The van der Waals surface area contributed by atoms with Gasteiger partial charge in [-0.15, -0.1) is 11.8 Å². The number of rotatable bonds is 6. The van der Waals surface area contributed by atoms with Crippen LogP contribution in [0.15, 0.2) is 29.2 Å². The number of nitrogens with one attached hydrogen (secondary N) is 2. The average molecular weight is 404 g/mol. The highest BCUT2D eigenvalue weighted by molar-refractivity contribution is 8.00. The van der Waals surface area contributed by atoms with Crippen molar-refractivity contribution in [3.63, 3.8) is 0 Å². The lowest BCUT2D eigenvalue weighted by Gasteiger charge is -2.19. The number of amides is 4. The maximum absolute atomic E-state index is 12.4. The molecular formula is C20H25N3O4S. The summed E-state index contributed by atoms with van der Waals surface area (Å²) in [7, 11) is 0. The van der Waals surface area contributed by atoms with Crippen LogP contribution in [0.3, 0.4) is 0 Å². The van der Waals surface area contributed by atoms with Crippen molar-refractivity contribution in [1.82, 2.24) is 15.8 Å². The van der Waals surface area contributed by atoms with Crippen molar-refractivity contribution in [2.24, 2.45) is 11.8 Å². The number of thioether (sulfide) groups is 1. The van der Waals surface area contributed by atoms with Gasteiger partial charge in [-0.1, -0.05) is 30.5 Å². The third-order valence-electron chi connectivity index (χ3n) is 5.23. The van der Waals surface area contributed by atoms with E-state index in [1.807, 2.05) is 31.2 Å². The van der Waals surface area contributed by atoms with E-state index in [4.69, 9.17) is 0 Å². The van der Waals surface area contributed by atoms with E-state index in [0.29, 0.717) is 0 Å². The van der Waals surface area contributed by atoms with Crippen LogP contribution in [-0.4, -0.2) is 40.8 Å². The SMILES string of the molecule is Cc1ccc(SCC(=O)NNC(=O)CCN2C(=O)[C@H]3CCCC[C@@H]3C2=O)cc1. The molecule has 1 aliphatic heterocycles. The number of carbonyl (C=O) groups is 4. The number of hydrogen-bond donors (Lipinski definition) is 2. The zero-order valence-corrected chi connectivity index (χ0v) is 16.7. The largest absolute Gasteiger partial charge is 0.282 e. The van der Waals surface area contributed by atoms with Crippen molar-refractivity contribution >= 4 is 35.4 Å². The predicted molar refractivity (Wildman–Crippen MR) is 105 cm³/mol. The van der Waals surface area contributed by atoms with Crippen molar-refractivity contribution in [2.45, 2.75) is 43.9 Å². The molecule has 1 aromatic carbocycles. The second kappa shape index (κ2) is 9.23. The maximum Gasteiger partial charge on any atom is 0.248 e. The Morgan fingerprint density at radius 2 is 1.57 bits per heavy atom. The summed E-state index contributed by atoms with van der Waals surface area (Å²) in [6, 6.07) is 7.82. The van der Waals surface area contributed by atoms with Crippen molar-refractivity contribution in [3.8, 4) is 0 Å². The van der Waals surface area contributed by atoms with E-state index in [1.165, 1.54) is 16.7 Å². The van der Waals surface area contributed by atoms with Crippen molar-refractivity contribution in [1.29, 1.82) is 0 Å². The van der Waals surface area contributed by atoms with Crippen LogP contribution < -0.4 is 10.9 Å². The summed E-state index contributed by atoms with van der Waals surface area (Å²) >= 11 is 1.37. The third-order valence-corrected chi connectivity index (χ3v) is 6.24. The molecular weight excluding hydrogens is 378 g/mol. The molecule has 3 rings (SSSR count). The molecule has 4 amide bonds. The van der Waals surface area contributed by atoms with Gasteiger partial charge in [0.05, 0.1) is 17.6 Å². The Kier molecular flexibility index (Phi) is 6.72. The third kappa shape index (κ3) is 4.92. The van der Waals surface area contributed by atoms with E-state index in [-0.39, 0.29) is 48.3 Å². The second-order valence-corrected chi connectivity index (χ2v) is 8.32. The molecule has 150 valence electrons. The second-order valence-electron chi connectivity index (χ2n) is 7.27. The summed E-state index contributed by atoms with van der Waals surface area (Å²) < 4.78 is 0. The highest BCUT2D eigenvalue weighted by Crippen LogP contribution is 2.37. The van der Waals surface area contributed by atoms with Gasteiger partial charge in [-0.25, -0.2) is 0 Å². The molecule has 0 unspecified atom stereocenters. The van der Waals surface area contributed by atoms with E-state index in [1.54, 1.807) is 0 Å². The fourth-order valence-corrected chi connectivity index (χ4v) is 4.38. The number of aryl methyl sites for hydroxylation is 1. The molecule has 2 fully saturated rings. The monoisotopic (exact) mass is 403 g/mol. The quantitative estimate of drug-likeness (QED) is 0.429. The molecule has 28 heavy (non-hydrogen) atoms. The molecule has 1 saturated heterocycles. The normalized spacial score (nSPS) is 21.4. The topological polar surface area (TPSA) is 95.6 Å². The van der Waals surface area contributed by atoms with Crippen LogP contribution >= 0.6 is 11.8 Å². The summed E-state index contributed by atoms with van der Waals surface area (Å²) in [5.74, 6) is -1.29. The number of likely N-dealkylation sites (tertiary alicyclic amines) is 1. The fraction of sp³-hybridized carbons (Fsp3) is 0.500. The van der Waals surface area contributed by atoms with E-state index in [2.05, 4.69) is 10.9 Å².